The zero-order valence-electron chi connectivity index (χ0n) is 16.8. The highest BCUT2D eigenvalue weighted by Gasteiger charge is 2.32. The molecular formula is C18H32N4O5. The average Bonchev–Trinajstić information content (AvgIpc) is 2.88. The molecule has 0 aliphatic carbocycles. The van der Waals surface area contributed by atoms with Crippen LogP contribution >= 0.6 is 0 Å². The predicted molar refractivity (Wildman–Crippen MR) is 99.5 cm³/mol. The fraction of sp³-hybridized carbons (Fsp3) is 0.778. The SMILES string of the molecule is CC(C)C[C@H](NC(=O)OC(C)(C)C)C(=O)N[C@@H](CC1CCNC1=O)C(N)=O. The molecule has 1 aliphatic heterocycles. The van der Waals surface area contributed by atoms with Gasteiger partial charge >= 0.3 is 6.09 Å². The summed E-state index contributed by atoms with van der Waals surface area (Å²) in [4.78, 5) is 48.2. The van der Waals surface area contributed by atoms with Gasteiger partial charge in [0.1, 0.15) is 17.7 Å². The van der Waals surface area contributed by atoms with Gasteiger partial charge < -0.3 is 26.4 Å². The Morgan fingerprint density at radius 3 is 2.30 bits per heavy atom. The summed E-state index contributed by atoms with van der Waals surface area (Å²) in [5.41, 5.74) is 4.70. The fourth-order valence-electron chi connectivity index (χ4n) is 2.83. The van der Waals surface area contributed by atoms with Gasteiger partial charge in [0.2, 0.25) is 17.7 Å². The average molecular weight is 384 g/mol. The summed E-state index contributed by atoms with van der Waals surface area (Å²) >= 11 is 0. The number of hydrogen-bond donors (Lipinski definition) is 4. The Balaban J connectivity index is 2.78. The lowest BCUT2D eigenvalue weighted by molar-refractivity contribution is -0.130. The van der Waals surface area contributed by atoms with Crippen molar-refractivity contribution in [2.45, 2.75) is 71.6 Å². The number of hydrogen-bond acceptors (Lipinski definition) is 5. The van der Waals surface area contributed by atoms with E-state index in [4.69, 9.17) is 10.5 Å². The highest BCUT2D eigenvalue weighted by atomic mass is 16.6. The van der Waals surface area contributed by atoms with Crippen LogP contribution < -0.4 is 21.7 Å². The van der Waals surface area contributed by atoms with Gasteiger partial charge in [-0.15, -0.1) is 0 Å². The van der Waals surface area contributed by atoms with Crippen LogP contribution in [0, 0.1) is 11.8 Å². The van der Waals surface area contributed by atoms with Gasteiger partial charge in [0.25, 0.3) is 0 Å². The summed E-state index contributed by atoms with van der Waals surface area (Å²) in [5.74, 6) is -1.66. The Bertz CT molecular complexity index is 571. The third-order valence-corrected chi connectivity index (χ3v) is 4.06. The molecule has 9 nitrogen and oxygen atoms in total. The summed E-state index contributed by atoms with van der Waals surface area (Å²) in [6.45, 7) is 9.52. The van der Waals surface area contributed by atoms with Gasteiger partial charge in [-0.1, -0.05) is 13.8 Å². The second-order valence-electron chi connectivity index (χ2n) is 8.30. The maximum atomic E-state index is 12.7. The van der Waals surface area contributed by atoms with Crippen molar-refractivity contribution in [2.24, 2.45) is 17.6 Å². The Morgan fingerprint density at radius 1 is 1.22 bits per heavy atom. The minimum absolute atomic E-state index is 0.114. The van der Waals surface area contributed by atoms with E-state index in [1.165, 1.54) is 0 Å². The summed E-state index contributed by atoms with van der Waals surface area (Å²) in [6.07, 6.45) is 0.368. The molecule has 1 fully saturated rings. The molecule has 0 spiro atoms. The minimum Gasteiger partial charge on any atom is -0.444 e. The fourth-order valence-corrected chi connectivity index (χ4v) is 2.83. The monoisotopic (exact) mass is 384 g/mol. The molecule has 5 N–H and O–H groups in total. The normalized spacial score (nSPS) is 19.2. The van der Waals surface area contributed by atoms with Crippen molar-refractivity contribution in [1.82, 2.24) is 16.0 Å². The molecule has 1 heterocycles. The van der Waals surface area contributed by atoms with Crippen molar-refractivity contribution in [1.29, 1.82) is 0 Å². The molecular weight excluding hydrogens is 352 g/mol. The molecule has 1 aliphatic rings. The van der Waals surface area contributed by atoms with Crippen LogP contribution in [-0.4, -0.2) is 48.0 Å². The molecule has 1 rings (SSSR count). The molecule has 0 bridgehead atoms. The third-order valence-electron chi connectivity index (χ3n) is 4.06. The van der Waals surface area contributed by atoms with E-state index in [-0.39, 0.29) is 24.2 Å². The first kappa shape index (κ1) is 22.7. The van der Waals surface area contributed by atoms with Crippen molar-refractivity contribution < 1.29 is 23.9 Å². The van der Waals surface area contributed by atoms with Crippen LogP contribution in [0.1, 0.15) is 53.9 Å². The number of rotatable bonds is 8. The van der Waals surface area contributed by atoms with Gasteiger partial charge in [-0.2, -0.15) is 0 Å². The molecule has 1 unspecified atom stereocenters. The lowest BCUT2D eigenvalue weighted by atomic mass is 9.97. The van der Waals surface area contributed by atoms with E-state index in [0.717, 1.165) is 0 Å². The first-order valence-corrected chi connectivity index (χ1v) is 9.26. The van der Waals surface area contributed by atoms with E-state index in [1.54, 1.807) is 20.8 Å². The molecule has 9 heteroatoms. The van der Waals surface area contributed by atoms with Gasteiger partial charge in [-0.05, 0) is 46.0 Å². The third kappa shape index (κ3) is 8.27. The Hall–Kier alpha value is -2.32. The molecule has 0 aromatic carbocycles. The van der Waals surface area contributed by atoms with Crippen molar-refractivity contribution in [2.75, 3.05) is 6.54 Å². The summed E-state index contributed by atoms with van der Waals surface area (Å²) in [7, 11) is 0. The summed E-state index contributed by atoms with van der Waals surface area (Å²) in [6, 6.07) is -1.86. The van der Waals surface area contributed by atoms with Crippen LogP contribution in [0.25, 0.3) is 0 Å². The zero-order valence-corrected chi connectivity index (χ0v) is 16.8. The molecule has 0 saturated carbocycles. The van der Waals surface area contributed by atoms with E-state index in [2.05, 4.69) is 16.0 Å². The van der Waals surface area contributed by atoms with Crippen molar-refractivity contribution in [3.63, 3.8) is 0 Å². The van der Waals surface area contributed by atoms with Crippen LogP contribution in [0.2, 0.25) is 0 Å². The topological polar surface area (TPSA) is 140 Å². The van der Waals surface area contributed by atoms with Crippen molar-refractivity contribution in [3.05, 3.63) is 0 Å². The van der Waals surface area contributed by atoms with Gasteiger partial charge in [0.05, 0.1) is 0 Å². The van der Waals surface area contributed by atoms with Crippen LogP contribution in [0.3, 0.4) is 0 Å². The van der Waals surface area contributed by atoms with Crippen molar-refractivity contribution >= 4 is 23.8 Å². The van der Waals surface area contributed by atoms with E-state index in [1.807, 2.05) is 13.8 Å². The second-order valence-corrected chi connectivity index (χ2v) is 8.30. The zero-order chi connectivity index (χ0) is 20.8. The molecule has 0 aromatic rings. The predicted octanol–water partition coefficient (Wildman–Crippen LogP) is 0.422. The number of nitrogens with one attached hydrogen (secondary N) is 3. The Kier molecular flexibility index (Phi) is 8.05. The first-order chi connectivity index (χ1) is 12.4. The summed E-state index contributed by atoms with van der Waals surface area (Å²) < 4.78 is 5.20. The van der Waals surface area contributed by atoms with Gasteiger partial charge in [-0.25, -0.2) is 4.79 Å². The van der Waals surface area contributed by atoms with Gasteiger partial charge in [-0.3, -0.25) is 14.4 Å². The lowest BCUT2D eigenvalue weighted by Crippen LogP contribution is -2.54. The maximum Gasteiger partial charge on any atom is 0.408 e. The molecule has 0 aromatic heterocycles. The maximum absolute atomic E-state index is 12.7. The minimum atomic E-state index is -0.985. The van der Waals surface area contributed by atoms with E-state index in [0.29, 0.717) is 19.4 Å². The number of amides is 4. The molecule has 27 heavy (non-hydrogen) atoms. The van der Waals surface area contributed by atoms with E-state index < -0.39 is 35.6 Å². The molecule has 1 saturated heterocycles. The Morgan fingerprint density at radius 2 is 1.85 bits per heavy atom. The molecule has 3 atom stereocenters. The highest BCUT2D eigenvalue weighted by Crippen LogP contribution is 2.16. The number of carbonyl (C=O) groups is 4. The molecule has 154 valence electrons. The standard InChI is InChI=1S/C18H32N4O5/c1-10(2)8-13(22-17(26)27-18(3,4)5)16(25)21-12(14(19)23)9-11-6-7-20-15(11)24/h10-13H,6-9H2,1-5H3,(H2,19,23)(H,20,24)(H,21,25)(H,22,26)/t11?,12-,13-/m0/s1. The van der Waals surface area contributed by atoms with Gasteiger partial charge in [0, 0.05) is 12.5 Å². The molecule has 4 amide bonds. The van der Waals surface area contributed by atoms with Gasteiger partial charge in [0.15, 0.2) is 0 Å². The second kappa shape index (κ2) is 9.57. The van der Waals surface area contributed by atoms with Crippen LogP contribution in [0.15, 0.2) is 0 Å². The first-order valence-electron chi connectivity index (χ1n) is 9.26. The van der Waals surface area contributed by atoms with Crippen molar-refractivity contribution in [3.8, 4) is 0 Å². The number of primary amides is 1. The molecule has 0 radical (unpaired) electrons. The van der Waals surface area contributed by atoms with Crippen LogP contribution in [-0.2, 0) is 19.1 Å². The highest BCUT2D eigenvalue weighted by molar-refractivity contribution is 5.91. The smallest absolute Gasteiger partial charge is 0.408 e. The number of nitrogens with two attached hydrogens (primary N) is 1. The lowest BCUT2D eigenvalue weighted by Gasteiger charge is -2.26. The quantitative estimate of drug-likeness (QED) is 0.480. The Labute approximate surface area is 160 Å². The number of ether oxygens (including phenoxy) is 1. The van der Waals surface area contributed by atoms with E-state index >= 15 is 0 Å². The largest absolute Gasteiger partial charge is 0.444 e. The van der Waals surface area contributed by atoms with Crippen LogP contribution in [0.5, 0.6) is 0 Å². The number of alkyl carbamates (subject to hydrolysis) is 1. The van der Waals surface area contributed by atoms with Crippen LogP contribution in [0.4, 0.5) is 4.79 Å². The summed E-state index contributed by atoms with van der Waals surface area (Å²) in [5, 5.41) is 7.81. The number of carbonyl (C=O) groups excluding carboxylic acids is 4. The van der Waals surface area contributed by atoms with E-state index in [9.17, 15) is 19.2 Å².